The van der Waals surface area contributed by atoms with Crippen LogP contribution in [-0.4, -0.2) is 28.1 Å². The van der Waals surface area contributed by atoms with Gasteiger partial charge in [-0.3, -0.25) is 9.59 Å². The van der Waals surface area contributed by atoms with Gasteiger partial charge in [-0.2, -0.15) is 5.26 Å². The van der Waals surface area contributed by atoms with E-state index in [4.69, 9.17) is 16.8 Å². The highest BCUT2D eigenvalue weighted by atomic mass is 32.1. The summed E-state index contributed by atoms with van der Waals surface area (Å²) in [5.74, 6) is 0.267. The molecule has 1 saturated carbocycles. The fourth-order valence-electron chi connectivity index (χ4n) is 2.22. The number of halogens is 3. The predicted octanol–water partition coefficient (Wildman–Crippen LogP) is 2.95. The third kappa shape index (κ3) is 5.95. The molecule has 1 fully saturated rings. The maximum atomic E-state index is 13.5. The van der Waals surface area contributed by atoms with Crippen LogP contribution in [0.4, 0.5) is 18.9 Å². The quantitative estimate of drug-likeness (QED) is 0.740. The monoisotopic (exact) mass is 423 g/mol. The fourth-order valence-corrected chi connectivity index (χ4v) is 3.04. The van der Waals surface area contributed by atoms with Gasteiger partial charge in [-0.25, -0.2) is 13.2 Å². The van der Waals surface area contributed by atoms with Crippen LogP contribution in [0.25, 0.3) is 0 Å². The molecule has 0 bridgehead atoms. The normalized spacial score (nSPS) is 12.9. The number of terminal acetylenes is 1. The largest absolute Gasteiger partial charge is 0.393 e. The molecule has 0 atom stereocenters. The fraction of sp³-hybridized carbons (Fsp3) is 0.316. The number of rotatable bonds is 4. The van der Waals surface area contributed by atoms with Crippen molar-refractivity contribution in [2.24, 2.45) is 0 Å². The second-order valence-electron chi connectivity index (χ2n) is 6.07. The molecule has 6 nitrogen and oxygen atoms in total. The minimum absolute atomic E-state index is 0.0648. The lowest BCUT2D eigenvalue weighted by molar-refractivity contribution is 0.0949. The van der Waals surface area contributed by atoms with Crippen LogP contribution in [0.1, 0.15) is 39.4 Å². The molecule has 0 aromatic carbocycles. The maximum Gasteiger partial charge on any atom is 0.286 e. The van der Waals surface area contributed by atoms with E-state index in [1.54, 1.807) is 0 Å². The van der Waals surface area contributed by atoms with Gasteiger partial charge in [-0.05, 0) is 25.3 Å². The van der Waals surface area contributed by atoms with Crippen LogP contribution < -0.4 is 10.9 Å². The van der Waals surface area contributed by atoms with Crippen LogP contribution in [0.2, 0.25) is 0 Å². The molecule has 152 valence electrons. The van der Waals surface area contributed by atoms with Crippen LogP contribution in [0.5, 0.6) is 0 Å². The van der Waals surface area contributed by atoms with E-state index in [2.05, 4.69) is 11.2 Å². The molecule has 1 aliphatic rings. The summed E-state index contributed by atoms with van der Waals surface area (Å²) >= 11 is 0.836. The molecule has 0 unspecified atom stereocenters. The number of carbonyl (C=O) groups is 1. The first-order valence-electron chi connectivity index (χ1n) is 8.43. The van der Waals surface area contributed by atoms with Gasteiger partial charge in [0.2, 0.25) is 0 Å². The van der Waals surface area contributed by atoms with E-state index in [0.717, 1.165) is 36.4 Å². The van der Waals surface area contributed by atoms with Crippen molar-refractivity contribution in [3.63, 3.8) is 0 Å². The number of nitrogens with one attached hydrogen (secondary N) is 1. The van der Waals surface area contributed by atoms with Crippen LogP contribution in [-0.2, 0) is 6.54 Å². The predicted molar refractivity (Wildman–Crippen MR) is 101 cm³/mol. The summed E-state index contributed by atoms with van der Waals surface area (Å²) in [4.78, 5) is 23.8. The van der Waals surface area contributed by atoms with Crippen molar-refractivity contribution >= 4 is 22.9 Å². The Hall–Kier alpha value is -3.08. The first-order valence-corrected chi connectivity index (χ1v) is 9.25. The zero-order valence-corrected chi connectivity index (χ0v) is 15.8. The van der Waals surface area contributed by atoms with Gasteiger partial charge < -0.3 is 15.0 Å². The van der Waals surface area contributed by atoms with Crippen molar-refractivity contribution in [2.45, 2.75) is 38.3 Å². The molecule has 2 heterocycles. The summed E-state index contributed by atoms with van der Waals surface area (Å²) in [6, 6.07) is 3.88. The standard InChI is InChI=1S/C15H8F3N3O2S.C4H8O/c1-2-8-3-11(24-12(8)5-19)14(22)20-9-4-10(16)15(23)21(6-9)7-13(17)18;5-4-2-1-3-4/h1,3-4,6,13H,7H2,(H,20,22);4-5H,1-3H2. The van der Waals surface area contributed by atoms with E-state index in [1.807, 2.05) is 6.07 Å². The van der Waals surface area contributed by atoms with Gasteiger partial charge in [0.15, 0.2) is 5.82 Å². The minimum Gasteiger partial charge on any atom is -0.393 e. The molecule has 2 aromatic rings. The Bertz CT molecular complexity index is 999. The molecule has 29 heavy (non-hydrogen) atoms. The van der Waals surface area contributed by atoms with Crippen molar-refractivity contribution in [3.05, 3.63) is 49.8 Å². The highest BCUT2D eigenvalue weighted by molar-refractivity contribution is 7.14. The number of carbonyl (C=O) groups excluding carboxylic acids is 1. The second kappa shape index (κ2) is 9.92. The molecule has 0 radical (unpaired) electrons. The molecule has 0 aliphatic heterocycles. The van der Waals surface area contributed by atoms with Crippen LogP contribution >= 0.6 is 11.3 Å². The molecule has 0 spiro atoms. The number of anilines is 1. The number of hydrogen-bond acceptors (Lipinski definition) is 5. The Labute approximate surface area is 168 Å². The highest BCUT2D eigenvalue weighted by Gasteiger charge is 2.16. The Kier molecular flexibility index (Phi) is 7.59. The lowest BCUT2D eigenvalue weighted by atomic mass is 9.97. The summed E-state index contributed by atoms with van der Waals surface area (Å²) in [6.45, 7) is -1.00. The molecule has 2 N–H and O–H groups in total. The number of amides is 1. The molecule has 1 aliphatic carbocycles. The lowest BCUT2D eigenvalue weighted by Crippen LogP contribution is -2.26. The van der Waals surface area contributed by atoms with Gasteiger partial charge in [0.25, 0.3) is 17.9 Å². The molecular weight excluding hydrogens is 407 g/mol. The van der Waals surface area contributed by atoms with Gasteiger partial charge >= 0.3 is 0 Å². The summed E-state index contributed by atoms with van der Waals surface area (Å²) < 4.78 is 38.8. The first-order chi connectivity index (χ1) is 13.7. The van der Waals surface area contributed by atoms with Gasteiger partial charge in [-0.1, -0.05) is 5.92 Å². The molecule has 2 aromatic heterocycles. The van der Waals surface area contributed by atoms with E-state index in [-0.39, 0.29) is 27.1 Å². The smallest absolute Gasteiger partial charge is 0.286 e. The Morgan fingerprint density at radius 1 is 1.45 bits per heavy atom. The number of nitrogens with zero attached hydrogens (tertiary/aromatic N) is 2. The van der Waals surface area contributed by atoms with E-state index >= 15 is 0 Å². The summed E-state index contributed by atoms with van der Waals surface area (Å²) in [5.41, 5.74) is -1.15. The van der Waals surface area contributed by atoms with Crippen molar-refractivity contribution in [3.8, 4) is 18.4 Å². The van der Waals surface area contributed by atoms with Crippen molar-refractivity contribution in [1.82, 2.24) is 4.57 Å². The molecule has 0 saturated heterocycles. The van der Waals surface area contributed by atoms with Gasteiger partial charge in [0.1, 0.15) is 10.9 Å². The highest BCUT2D eigenvalue weighted by Crippen LogP contribution is 2.22. The first kappa shape index (κ1) is 22.2. The molecular formula is C19H16F3N3O3S. The van der Waals surface area contributed by atoms with Crippen LogP contribution in [0, 0.1) is 29.5 Å². The third-order valence-electron chi connectivity index (χ3n) is 3.92. The summed E-state index contributed by atoms with van der Waals surface area (Å²) in [6.07, 6.45) is 6.65. The number of pyridine rings is 1. The summed E-state index contributed by atoms with van der Waals surface area (Å²) in [7, 11) is 0. The van der Waals surface area contributed by atoms with E-state index in [9.17, 15) is 22.8 Å². The zero-order chi connectivity index (χ0) is 21.6. The van der Waals surface area contributed by atoms with Gasteiger partial charge in [-0.15, -0.1) is 17.8 Å². The average Bonchev–Trinajstić information content (AvgIpc) is 3.07. The van der Waals surface area contributed by atoms with E-state index < -0.39 is 30.3 Å². The Morgan fingerprint density at radius 2 is 2.10 bits per heavy atom. The number of aromatic nitrogens is 1. The van der Waals surface area contributed by atoms with Gasteiger partial charge in [0, 0.05) is 12.3 Å². The van der Waals surface area contributed by atoms with Crippen molar-refractivity contribution < 1.29 is 23.1 Å². The molecule has 1 amide bonds. The molecule has 3 rings (SSSR count). The zero-order valence-electron chi connectivity index (χ0n) is 15.0. The number of alkyl halides is 2. The molecule has 10 heteroatoms. The second-order valence-corrected chi connectivity index (χ2v) is 7.13. The van der Waals surface area contributed by atoms with Gasteiger partial charge in [0.05, 0.1) is 28.8 Å². The van der Waals surface area contributed by atoms with E-state index in [0.29, 0.717) is 4.57 Å². The number of hydrogen-bond donors (Lipinski definition) is 2. The Morgan fingerprint density at radius 3 is 2.55 bits per heavy atom. The minimum atomic E-state index is -2.86. The Balaban J connectivity index is 0.000000521. The van der Waals surface area contributed by atoms with E-state index in [1.165, 1.54) is 12.5 Å². The number of thiophene rings is 1. The number of aliphatic hydroxyl groups excluding tert-OH is 1. The van der Waals surface area contributed by atoms with Crippen molar-refractivity contribution in [2.75, 3.05) is 5.32 Å². The lowest BCUT2D eigenvalue weighted by Gasteiger charge is -2.17. The number of nitriles is 1. The maximum absolute atomic E-state index is 13.5. The topological polar surface area (TPSA) is 95.1 Å². The SMILES string of the molecule is C#Cc1cc(C(=O)Nc2cc(F)c(=O)n(CC(F)F)c2)sc1C#N.OC1CCC1. The summed E-state index contributed by atoms with van der Waals surface area (Å²) in [5, 5.41) is 19.6. The van der Waals surface area contributed by atoms with Crippen molar-refractivity contribution in [1.29, 1.82) is 5.26 Å². The third-order valence-corrected chi connectivity index (χ3v) is 4.96. The average molecular weight is 423 g/mol. The number of aliphatic hydroxyl groups is 1. The van der Waals surface area contributed by atoms with Crippen LogP contribution in [0.3, 0.4) is 0 Å². The van der Waals surface area contributed by atoms with Crippen LogP contribution in [0.15, 0.2) is 23.1 Å².